The molecule has 0 aliphatic carbocycles. The number of esters is 1. The zero-order chi connectivity index (χ0) is 29.7. The molecule has 0 saturated heterocycles. The first kappa shape index (κ1) is 29.7. The van der Waals surface area contributed by atoms with Gasteiger partial charge in [0.2, 0.25) is 5.75 Å². The Labute approximate surface area is 242 Å². The maximum absolute atomic E-state index is 14.2. The van der Waals surface area contributed by atoms with Crippen LogP contribution >= 0.6 is 11.3 Å². The molecular weight excluding hydrogens is 548 g/mol. The lowest BCUT2D eigenvalue weighted by Gasteiger charge is -2.27. The third-order valence-electron chi connectivity index (χ3n) is 6.64. The number of fused-ring (bicyclic) bond motifs is 1. The second-order valence-electron chi connectivity index (χ2n) is 8.94. The van der Waals surface area contributed by atoms with Gasteiger partial charge in [0.1, 0.15) is 17.5 Å². The number of benzene rings is 2. The minimum atomic E-state index is -0.855. The van der Waals surface area contributed by atoms with Crippen LogP contribution in [0.25, 0.3) is 6.08 Å². The molecule has 0 fully saturated rings. The Morgan fingerprint density at radius 1 is 0.951 bits per heavy atom. The zero-order valence-electron chi connectivity index (χ0n) is 24.2. The molecule has 0 N–H and O–H groups in total. The number of hydrogen-bond donors (Lipinski definition) is 0. The Bertz CT molecular complexity index is 1650. The van der Waals surface area contributed by atoms with Crippen LogP contribution in [-0.4, -0.2) is 52.7 Å². The molecule has 1 aromatic heterocycles. The Morgan fingerprint density at radius 3 is 2.27 bits per heavy atom. The fourth-order valence-corrected chi connectivity index (χ4v) is 5.86. The Kier molecular flexibility index (Phi) is 9.38. The predicted molar refractivity (Wildman–Crippen MR) is 155 cm³/mol. The number of nitrogens with zero attached hydrogens (tertiary/aromatic N) is 2. The molecule has 0 spiro atoms. The van der Waals surface area contributed by atoms with Gasteiger partial charge in [-0.15, -0.1) is 0 Å². The van der Waals surface area contributed by atoms with Gasteiger partial charge in [-0.3, -0.25) is 9.36 Å². The molecule has 0 saturated carbocycles. The molecule has 0 unspecified atom stereocenters. The van der Waals surface area contributed by atoms with E-state index in [1.807, 2.05) is 6.92 Å². The quantitative estimate of drug-likeness (QED) is 0.316. The number of hydrogen-bond acceptors (Lipinski definition) is 10. The second kappa shape index (κ2) is 12.9. The monoisotopic (exact) mass is 582 g/mol. The lowest BCUT2D eigenvalue weighted by molar-refractivity contribution is -0.139. The van der Waals surface area contributed by atoms with E-state index >= 15 is 0 Å². The number of methoxy groups -OCH3 is 5. The van der Waals surface area contributed by atoms with Crippen LogP contribution in [-0.2, 0) is 9.53 Å². The Balaban J connectivity index is 2.07. The fraction of sp³-hybridized carbons (Fsp3) is 0.367. The van der Waals surface area contributed by atoms with Crippen molar-refractivity contribution in [1.29, 1.82) is 0 Å². The SMILES string of the molecule is CCCC1=C(C(=O)OCC)[C@H](c2cc(OC)ccc2OC)n2c(s/c(=C/c3ccc(OC)c(OC)c3OC)c2=O)=N1. The standard InChI is InChI=1S/C30H34N2O8S/c1-8-10-20-24(29(34)40-9-2)25(19-16-18(35-3)12-14-21(19)36-4)32-28(33)23(41-30(32)31-20)15-17-11-13-22(37-5)27(39-7)26(17)38-6/h11-16,25H,8-10H2,1-7H3/b23-15+/t25-/m0/s1. The topological polar surface area (TPSA) is 107 Å². The van der Waals surface area contributed by atoms with Crippen LogP contribution in [0.1, 0.15) is 43.9 Å². The molecule has 2 heterocycles. The smallest absolute Gasteiger partial charge is 0.338 e. The third-order valence-corrected chi connectivity index (χ3v) is 7.63. The summed E-state index contributed by atoms with van der Waals surface area (Å²) in [5, 5.41) is 0. The van der Waals surface area contributed by atoms with Crippen molar-refractivity contribution in [3.05, 3.63) is 72.4 Å². The van der Waals surface area contributed by atoms with Crippen molar-refractivity contribution in [2.45, 2.75) is 32.7 Å². The maximum Gasteiger partial charge on any atom is 0.338 e. The normalized spacial score (nSPS) is 14.7. The summed E-state index contributed by atoms with van der Waals surface area (Å²) in [5.41, 5.74) is 1.72. The summed E-state index contributed by atoms with van der Waals surface area (Å²) in [6, 6.07) is 7.95. The first-order valence-corrected chi connectivity index (χ1v) is 13.9. The highest BCUT2D eigenvalue weighted by Crippen LogP contribution is 2.41. The first-order valence-electron chi connectivity index (χ1n) is 13.1. The minimum absolute atomic E-state index is 0.174. The third kappa shape index (κ3) is 5.54. The predicted octanol–water partition coefficient (Wildman–Crippen LogP) is 3.62. The van der Waals surface area contributed by atoms with E-state index < -0.39 is 12.0 Å². The first-order chi connectivity index (χ1) is 19.9. The molecule has 218 valence electrons. The van der Waals surface area contributed by atoms with Crippen LogP contribution < -0.4 is 38.6 Å². The van der Waals surface area contributed by atoms with E-state index in [0.717, 1.165) is 6.42 Å². The minimum Gasteiger partial charge on any atom is -0.497 e. The van der Waals surface area contributed by atoms with Gasteiger partial charge in [-0.05, 0) is 49.8 Å². The highest BCUT2D eigenvalue weighted by atomic mass is 32.1. The van der Waals surface area contributed by atoms with Gasteiger partial charge >= 0.3 is 5.97 Å². The molecule has 10 nitrogen and oxygen atoms in total. The zero-order valence-corrected chi connectivity index (χ0v) is 25.0. The molecule has 41 heavy (non-hydrogen) atoms. The number of carbonyl (C=O) groups is 1. The second-order valence-corrected chi connectivity index (χ2v) is 9.95. The van der Waals surface area contributed by atoms with E-state index in [9.17, 15) is 9.59 Å². The lowest BCUT2D eigenvalue weighted by Crippen LogP contribution is -2.40. The van der Waals surface area contributed by atoms with Gasteiger partial charge in [0.05, 0.1) is 58.0 Å². The van der Waals surface area contributed by atoms with Crippen molar-refractivity contribution in [2.24, 2.45) is 4.99 Å². The van der Waals surface area contributed by atoms with E-state index in [4.69, 9.17) is 33.4 Å². The van der Waals surface area contributed by atoms with E-state index in [0.29, 0.717) is 66.9 Å². The summed E-state index contributed by atoms with van der Waals surface area (Å²) in [6.45, 7) is 3.92. The van der Waals surface area contributed by atoms with Crippen molar-refractivity contribution >= 4 is 23.4 Å². The Hall–Kier alpha value is -4.25. The number of allylic oxidation sites excluding steroid dienone is 1. The highest BCUT2D eigenvalue weighted by Gasteiger charge is 2.36. The van der Waals surface area contributed by atoms with Crippen molar-refractivity contribution in [1.82, 2.24) is 4.57 Å². The molecule has 0 bridgehead atoms. The molecule has 4 rings (SSSR count). The molecule has 2 aromatic carbocycles. The van der Waals surface area contributed by atoms with Crippen LogP contribution in [0.5, 0.6) is 28.7 Å². The number of aromatic nitrogens is 1. The van der Waals surface area contributed by atoms with Crippen molar-refractivity contribution in [2.75, 3.05) is 42.2 Å². The van der Waals surface area contributed by atoms with Gasteiger partial charge in [-0.2, -0.15) is 0 Å². The molecule has 1 aliphatic heterocycles. The summed E-state index contributed by atoms with van der Waals surface area (Å²) < 4.78 is 35.1. The van der Waals surface area contributed by atoms with Crippen LogP contribution in [0.3, 0.4) is 0 Å². The van der Waals surface area contributed by atoms with Gasteiger partial charge in [-0.1, -0.05) is 24.7 Å². The van der Waals surface area contributed by atoms with E-state index in [1.54, 1.807) is 57.6 Å². The fourth-order valence-electron chi connectivity index (χ4n) is 4.85. The van der Waals surface area contributed by atoms with Crippen molar-refractivity contribution < 1.29 is 33.2 Å². The van der Waals surface area contributed by atoms with Crippen molar-refractivity contribution in [3.63, 3.8) is 0 Å². The number of rotatable bonds is 11. The average Bonchev–Trinajstić information content (AvgIpc) is 3.29. The molecule has 1 atom stereocenters. The van der Waals surface area contributed by atoms with Gasteiger partial charge in [-0.25, -0.2) is 9.79 Å². The molecule has 11 heteroatoms. The van der Waals surface area contributed by atoms with E-state index in [2.05, 4.69) is 0 Å². The molecule has 0 amide bonds. The summed E-state index contributed by atoms with van der Waals surface area (Å²) in [7, 11) is 7.67. The number of thiazole rings is 1. The molecule has 1 aliphatic rings. The highest BCUT2D eigenvalue weighted by molar-refractivity contribution is 7.07. The number of carbonyl (C=O) groups excluding carboxylic acids is 1. The average molecular weight is 583 g/mol. The summed E-state index contributed by atoms with van der Waals surface area (Å²) in [5.74, 6) is 1.83. The summed E-state index contributed by atoms with van der Waals surface area (Å²) in [4.78, 5) is 32.9. The summed E-state index contributed by atoms with van der Waals surface area (Å²) >= 11 is 1.22. The largest absolute Gasteiger partial charge is 0.497 e. The Morgan fingerprint density at radius 2 is 1.66 bits per heavy atom. The van der Waals surface area contributed by atoms with Gasteiger partial charge in [0.25, 0.3) is 5.56 Å². The number of ether oxygens (including phenoxy) is 6. The van der Waals surface area contributed by atoms with Crippen LogP contribution in [0.15, 0.2) is 51.4 Å². The van der Waals surface area contributed by atoms with E-state index in [-0.39, 0.29) is 12.2 Å². The van der Waals surface area contributed by atoms with Gasteiger partial charge in [0, 0.05) is 11.1 Å². The van der Waals surface area contributed by atoms with Crippen molar-refractivity contribution in [3.8, 4) is 28.7 Å². The molecular formula is C30H34N2O8S. The molecule has 0 radical (unpaired) electrons. The van der Waals surface area contributed by atoms with Crippen LogP contribution in [0.4, 0.5) is 0 Å². The lowest BCUT2D eigenvalue weighted by atomic mass is 9.93. The maximum atomic E-state index is 14.2. The van der Waals surface area contributed by atoms with Gasteiger partial charge < -0.3 is 28.4 Å². The molecule has 3 aromatic rings. The van der Waals surface area contributed by atoms with Gasteiger partial charge in [0.15, 0.2) is 16.3 Å². The van der Waals surface area contributed by atoms with Crippen LogP contribution in [0.2, 0.25) is 0 Å². The van der Waals surface area contributed by atoms with Crippen LogP contribution in [0, 0.1) is 0 Å². The summed E-state index contributed by atoms with van der Waals surface area (Å²) in [6.07, 6.45) is 2.98. The van der Waals surface area contributed by atoms with E-state index in [1.165, 1.54) is 37.2 Å².